The number of piperidine rings is 1. The topological polar surface area (TPSA) is 59.4 Å². The van der Waals surface area contributed by atoms with Crippen LogP contribution < -0.4 is 10.1 Å². The molecule has 1 aromatic heterocycles. The number of amides is 1. The highest BCUT2D eigenvalue weighted by molar-refractivity contribution is 5.92. The molecule has 27 heavy (non-hydrogen) atoms. The van der Waals surface area contributed by atoms with Crippen molar-refractivity contribution < 1.29 is 9.53 Å². The van der Waals surface area contributed by atoms with E-state index in [0.29, 0.717) is 24.2 Å². The summed E-state index contributed by atoms with van der Waals surface area (Å²) in [6.45, 7) is 4.85. The van der Waals surface area contributed by atoms with Gasteiger partial charge in [-0.25, -0.2) is 0 Å². The van der Waals surface area contributed by atoms with E-state index >= 15 is 0 Å². The average molecular weight is 370 g/mol. The SMILES string of the molecule is COc1ccc(CC(C)CN(C)C(=O)c2ccn(C3CCCNC3)n2)cc1. The number of methoxy groups -OCH3 is 1. The lowest BCUT2D eigenvalue weighted by atomic mass is 10.0. The third kappa shape index (κ3) is 5.10. The summed E-state index contributed by atoms with van der Waals surface area (Å²) in [4.78, 5) is 14.5. The van der Waals surface area contributed by atoms with E-state index in [1.54, 1.807) is 12.0 Å². The van der Waals surface area contributed by atoms with E-state index < -0.39 is 0 Å². The van der Waals surface area contributed by atoms with E-state index in [1.807, 2.05) is 36.1 Å². The molecular weight excluding hydrogens is 340 g/mol. The van der Waals surface area contributed by atoms with Gasteiger partial charge in [-0.15, -0.1) is 0 Å². The molecule has 1 saturated heterocycles. The lowest BCUT2D eigenvalue weighted by Crippen LogP contribution is -2.33. The molecule has 3 rings (SSSR count). The van der Waals surface area contributed by atoms with Crippen LogP contribution in [0.4, 0.5) is 0 Å². The second-order valence-corrected chi connectivity index (χ2v) is 7.52. The van der Waals surface area contributed by atoms with Crippen LogP contribution in [-0.2, 0) is 6.42 Å². The third-order valence-electron chi connectivity index (χ3n) is 5.15. The van der Waals surface area contributed by atoms with Crippen molar-refractivity contribution in [3.8, 4) is 5.75 Å². The summed E-state index contributed by atoms with van der Waals surface area (Å²) in [5.74, 6) is 1.21. The lowest BCUT2D eigenvalue weighted by Gasteiger charge is -2.23. The fourth-order valence-corrected chi connectivity index (χ4v) is 3.69. The zero-order chi connectivity index (χ0) is 19.2. The smallest absolute Gasteiger partial charge is 0.274 e. The molecule has 1 N–H and O–H groups in total. The predicted molar refractivity (Wildman–Crippen MR) is 106 cm³/mol. The molecule has 2 atom stereocenters. The van der Waals surface area contributed by atoms with Crippen LogP contribution in [0.25, 0.3) is 0 Å². The summed E-state index contributed by atoms with van der Waals surface area (Å²) in [5, 5.41) is 7.92. The molecule has 2 heterocycles. The van der Waals surface area contributed by atoms with Gasteiger partial charge in [-0.1, -0.05) is 19.1 Å². The number of ether oxygens (including phenoxy) is 1. The summed E-state index contributed by atoms with van der Waals surface area (Å²) in [6, 6.07) is 10.3. The molecule has 1 aliphatic rings. The lowest BCUT2D eigenvalue weighted by molar-refractivity contribution is 0.0768. The first-order chi connectivity index (χ1) is 13.1. The summed E-state index contributed by atoms with van der Waals surface area (Å²) < 4.78 is 7.14. The standard InChI is InChI=1S/C21H30N4O2/c1-16(13-17-6-8-19(27-3)9-7-17)15-24(2)21(26)20-10-12-25(23-20)18-5-4-11-22-14-18/h6-10,12,16,18,22H,4-5,11,13-15H2,1-3H3. The molecule has 2 aromatic rings. The molecular formula is C21H30N4O2. The number of benzene rings is 1. The number of nitrogens with one attached hydrogen (secondary N) is 1. The number of carbonyl (C=O) groups excluding carboxylic acids is 1. The molecule has 1 fully saturated rings. The van der Waals surface area contributed by atoms with Crippen molar-refractivity contribution in [1.29, 1.82) is 0 Å². The fourth-order valence-electron chi connectivity index (χ4n) is 3.69. The van der Waals surface area contributed by atoms with Crippen molar-refractivity contribution in [3.05, 3.63) is 47.8 Å². The number of hydrogen-bond acceptors (Lipinski definition) is 4. The average Bonchev–Trinajstić information content (AvgIpc) is 3.18. The van der Waals surface area contributed by atoms with Gasteiger partial charge in [0.25, 0.3) is 5.91 Å². The molecule has 0 radical (unpaired) electrons. The van der Waals surface area contributed by atoms with Crippen LogP contribution in [0.2, 0.25) is 0 Å². The van der Waals surface area contributed by atoms with Crippen LogP contribution in [0, 0.1) is 5.92 Å². The summed E-state index contributed by atoms with van der Waals surface area (Å²) >= 11 is 0. The van der Waals surface area contributed by atoms with Crippen LogP contribution in [0.1, 0.15) is 41.9 Å². The van der Waals surface area contributed by atoms with E-state index in [9.17, 15) is 4.79 Å². The molecule has 0 aliphatic carbocycles. The Labute approximate surface area is 161 Å². The van der Waals surface area contributed by atoms with Crippen molar-refractivity contribution in [2.75, 3.05) is 33.8 Å². The molecule has 0 saturated carbocycles. The van der Waals surface area contributed by atoms with Gasteiger partial charge in [0.15, 0.2) is 0 Å². The van der Waals surface area contributed by atoms with Gasteiger partial charge in [0, 0.05) is 26.3 Å². The maximum Gasteiger partial charge on any atom is 0.274 e. The quantitative estimate of drug-likeness (QED) is 0.814. The van der Waals surface area contributed by atoms with Gasteiger partial charge < -0.3 is 15.0 Å². The van der Waals surface area contributed by atoms with Crippen LogP contribution in [0.15, 0.2) is 36.5 Å². The van der Waals surface area contributed by atoms with E-state index in [-0.39, 0.29) is 5.91 Å². The van der Waals surface area contributed by atoms with E-state index in [0.717, 1.165) is 38.1 Å². The third-order valence-corrected chi connectivity index (χ3v) is 5.15. The maximum atomic E-state index is 12.7. The Morgan fingerprint density at radius 2 is 2.15 bits per heavy atom. The van der Waals surface area contributed by atoms with Gasteiger partial charge >= 0.3 is 0 Å². The number of nitrogens with zero attached hydrogens (tertiary/aromatic N) is 3. The Morgan fingerprint density at radius 1 is 1.37 bits per heavy atom. The van der Waals surface area contributed by atoms with Gasteiger partial charge in [-0.3, -0.25) is 9.48 Å². The summed E-state index contributed by atoms with van der Waals surface area (Å²) in [7, 11) is 3.53. The van der Waals surface area contributed by atoms with Gasteiger partial charge in [0.1, 0.15) is 11.4 Å². The molecule has 2 unspecified atom stereocenters. The van der Waals surface area contributed by atoms with Crippen molar-refractivity contribution >= 4 is 5.91 Å². The number of carbonyl (C=O) groups is 1. The normalized spacial score (nSPS) is 18.1. The van der Waals surface area contributed by atoms with Gasteiger partial charge in [0.2, 0.25) is 0 Å². The van der Waals surface area contributed by atoms with Crippen molar-refractivity contribution in [1.82, 2.24) is 20.0 Å². The highest BCUT2D eigenvalue weighted by Gasteiger charge is 2.20. The predicted octanol–water partition coefficient (Wildman–Crippen LogP) is 2.77. The molecule has 1 amide bonds. The van der Waals surface area contributed by atoms with E-state index in [1.165, 1.54) is 5.56 Å². The van der Waals surface area contributed by atoms with Crippen molar-refractivity contribution in [2.24, 2.45) is 5.92 Å². The highest BCUT2D eigenvalue weighted by atomic mass is 16.5. The van der Waals surface area contributed by atoms with Gasteiger partial charge in [-0.05, 0) is 55.5 Å². The monoisotopic (exact) mass is 370 g/mol. The molecule has 6 nitrogen and oxygen atoms in total. The number of hydrogen-bond donors (Lipinski definition) is 1. The minimum absolute atomic E-state index is 0.0147. The van der Waals surface area contributed by atoms with Gasteiger partial charge in [-0.2, -0.15) is 5.10 Å². The number of aromatic nitrogens is 2. The number of rotatable bonds is 7. The Balaban J connectivity index is 1.54. The molecule has 1 aromatic carbocycles. The summed E-state index contributed by atoms with van der Waals surface area (Å²) in [5.41, 5.74) is 1.78. The fraction of sp³-hybridized carbons (Fsp3) is 0.524. The second-order valence-electron chi connectivity index (χ2n) is 7.52. The highest BCUT2D eigenvalue weighted by Crippen LogP contribution is 2.17. The first-order valence-corrected chi connectivity index (χ1v) is 9.71. The Morgan fingerprint density at radius 3 is 2.81 bits per heavy atom. The van der Waals surface area contributed by atoms with E-state index in [4.69, 9.17) is 4.74 Å². The van der Waals surface area contributed by atoms with E-state index in [2.05, 4.69) is 29.5 Å². The first kappa shape index (κ1) is 19.4. The first-order valence-electron chi connectivity index (χ1n) is 9.71. The van der Waals surface area contributed by atoms with Crippen LogP contribution in [-0.4, -0.2) is 54.4 Å². The molecule has 1 aliphatic heterocycles. The zero-order valence-corrected chi connectivity index (χ0v) is 16.5. The Bertz CT molecular complexity index is 735. The molecule has 146 valence electrons. The maximum absolute atomic E-state index is 12.7. The molecule has 0 bridgehead atoms. The Kier molecular flexibility index (Phi) is 6.50. The molecule has 0 spiro atoms. The van der Waals surface area contributed by atoms with Crippen LogP contribution in [0.3, 0.4) is 0 Å². The largest absolute Gasteiger partial charge is 0.497 e. The summed E-state index contributed by atoms with van der Waals surface area (Å²) in [6.07, 6.45) is 5.11. The van der Waals surface area contributed by atoms with Crippen LogP contribution >= 0.6 is 0 Å². The van der Waals surface area contributed by atoms with Crippen LogP contribution in [0.5, 0.6) is 5.75 Å². The molecule has 6 heteroatoms. The van der Waals surface area contributed by atoms with Crippen molar-refractivity contribution in [2.45, 2.75) is 32.2 Å². The van der Waals surface area contributed by atoms with Crippen molar-refractivity contribution in [3.63, 3.8) is 0 Å². The second kappa shape index (κ2) is 9.04. The minimum atomic E-state index is -0.0147. The van der Waals surface area contributed by atoms with Gasteiger partial charge in [0.05, 0.1) is 13.2 Å². The minimum Gasteiger partial charge on any atom is -0.497 e. The zero-order valence-electron chi connectivity index (χ0n) is 16.5. The Hall–Kier alpha value is -2.34.